The van der Waals surface area contributed by atoms with E-state index < -0.39 is 5.97 Å². The van der Waals surface area contributed by atoms with Crippen molar-refractivity contribution in [2.75, 3.05) is 13.1 Å². The Bertz CT molecular complexity index is 747. The van der Waals surface area contributed by atoms with Crippen molar-refractivity contribution in [3.63, 3.8) is 0 Å². The van der Waals surface area contributed by atoms with Crippen LogP contribution in [0.2, 0.25) is 0 Å². The summed E-state index contributed by atoms with van der Waals surface area (Å²) < 4.78 is 2.49. The molecular weight excluding hydrogens is 276 g/mol. The number of hydrogen-bond donors (Lipinski definition) is 1. The molecule has 4 heteroatoms. The first-order chi connectivity index (χ1) is 10.6. The van der Waals surface area contributed by atoms with E-state index >= 15 is 0 Å². The first-order valence-corrected chi connectivity index (χ1v) is 8.22. The highest BCUT2D eigenvalue weighted by Gasteiger charge is 2.34. The maximum absolute atomic E-state index is 10.9. The Morgan fingerprint density at radius 2 is 2.23 bits per heavy atom. The summed E-state index contributed by atoms with van der Waals surface area (Å²) in [6.07, 6.45) is 3.76. The van der Waals surface area contributed by atoms with Gasteiger partial charge in [-0.15, -0.1) is 0 Å². The molecule has 2 aliphatic rings. The number of carbonyl (C=O) groups is 1. The van der Waals surface area contributed by atoms with Gasteiger partial charge in [0.05, 0.1) is 12.5 Å². The fourth-order valence-electron chi connectivity index (χ4n) is 4.30. The molecule has 0 unspecified atom stereocenters. The van der Waals surface area contributed by atoms with Crippen molar-refractivity contribution in [2.45, 2.75) is 45.2 Å². The van der Waals surface area contributed by atoms with Gasteiger partial charge >= 0.3 is 5.97 Å². The van der Waals surface area contributed by atoms with Crippen molar-refractivity contribution < 1.29 is 9.90 Å². The normalized spacial score (nSPS) is 21.0. The monoisotopic (exact) mass is 298 g/mol. The third kappa shape index (κ3) is 2.05. The van der Waals surface area contributed by atoms with Gasteiger partial charge in [-0.3, -0.25) is 9.69 Å². The van der Waals surface area contributed by atoms with E-state index in [0.717, 1.165) is 25.9 Å². The molecular formula is C18H22N2O2. The molecule has 2 aromatic rings. The van der Waals surface area contributed by atoms with Gasteiger partial charge in [-0.25, -0.2) is 0 Å². The summed E-state index contributed by atoms with van der Waals surface area (Å²) in [4.78, 5) is 13.3. The van der Waals surface area contributed by atoms with E-state index in [1.807, 2.05) is 0 Å². The number of aliphatic carboxylic acids is 1. The third-order valence-electron chi connectivity index (χ3n) is 5.25. The van der Waals surface area contributed by atoms with E-state index in [-0.39, 0.29) is 6.42 Å². The number of aryl methyl sites for hydroxylation is 2. The van der Waals surface area contributed by atoms with Gasteiger partial charge in [0, 0.05) is 36.2 Å². The zero-order valence-corrected chi connectivity index (χ0v) is 13.0. The van der Waals surface area contributed by atoms with E-state index in [1.54, 1.807) is 0 Å². The Morgan fingerprint density at radius 3 is 3.05 bits per heavy atom. The number of carboxylic acid groups (broad SMARTS) is 1. The number of benzene rings is 1. The van der Waals surface area contributed by atoms with E-state index in [9.17, 15) is 4.79 Å². The van der Waals surface area contributed by atoms with Crippen LogP contribution >= 0.6 is 0 Å². The van der Waals surface area contributed by atoms with Crippen LogP contribution in [0, 0.1) is 6.92 Å². The lowest BCUT2D eigenvalue weighted by Gasteiger charge is -2.39. The number of hydrogen-bond acceptors (Lipinski definition) is 2. The van der Waals surface area contributed by atoms with Crippen LogP contribution in [0.4, 0.5) is 0 Å². The molecule has 0 saturated carbocycles. The molecule has 1 aromatic carbocycles. The number of carboxylic acids is 1. The molecule has 0 radical (unpaired) electrons. The standard InChI is InChI=1S/C18H22N2O2/c1-12-5-6-15-14(11-12)13-3-2-4-16-18(13)20(15)10-9-19(16)8-7-17(21)22/h5-6,11,16H,2-4,7-10H2,1H3,(H,21,22)/t16-/m0/s1. The Hall–Kier alpha value is -1.81. The SMILES string of the molecule is Cc1ccc2c(c1)c1c3n2CCN(CCC(=O)O)[C@H]3CCC1. The van der Waals surface area contributed by atoms with Crippen molar-refractivity contribution in [3.05, 3.63) is 35.0 Å². The van der Waals surface area contributed by atoms with Crippen LogP contribution in [-0.4, -0.2) is 33.6 Å². The molecule has 1 aliphatic carbocycles. The minimum absolute atomic E-state index is 0.241. The molecule has 0 saturated heterocycles. The molecule has 4 rings (SSSR count). The first kappa shape index (κ1) is 13.8. The highest BCUT2D eigenvalue weighted by molar-refractivity contribution is 5.87. The van der Waals surface area contributed by atoms with Crippen LogP contribution < -0.4 is 0 Å². The van der Waals surface area contributed by atoms with Crippen molar-refractivity contribution >= 4 is 16.9 Å². The highest BCUT2D eigenvalue weighted by Crippen LogP contribution is 2.42. The van der Waals surface area contributed by atoms with E-state index in [0.29, 0.717) is 12.6 Å². The van der Waals surface area contributed by atoms with Crippen LogP contribution in [0.25, 0.3) is 10.9 Å². The fraction of sp³-hybridized carbons (Fsp3) is 0.500. The molecule has 0 bridgehead atoms. The van der Waals surface area contributed by atoms with E-state index in [1.165, 1.54) is 34.1 Å². The number of fused-ring (bicyclic) bond motifs is 3. The maximum atomic E-state index is 10.9. The van der Waals surface area contributed by atoms with Crippen LogP contribution in [-0.2, 0) is 17.8 Å². The van der Waals surface area contributed by atoms with Crippen LogP contribution in [0.1, 0.15) is 42.1 Å². The average Bonchev–Trinajstić information content (AvgIpc) is 2.82. The van der Waals surface area contributed by atoms with Crippen molar-refractivity contribution in [1.29, 1.82) is 0 Å². The van der Waals surface area contributed by atoms with Crippen molar-refractivity contribution in [3.8, 4) is 0 Å². The highest BCUT2D eigenvalue weighted by atomic mass is 16.4. The lowest BCUT2D eigenvalue weighted by molar-refractivity contribution is -0.137. The minimum atomic E-state index is -0.697. The number of rotatable bonds is 3. The van der Waals surface area contributed by atoms with Crippen molar-refractivity contribution in [1.82, 2.24) is 9.47 Å². The second kappa shape index (κ2) is 5.13. The van der Waals surface area contributed by atoms with Crippen LogP contribution in [0.5, 0.6) is 0 Å². The number of aromatic nitrogens is 1. The van der Waals surface area contributed by atoms with Gasteiger partial charge in [0.25, 0.3) is 0 Å². The summed E-state index contributed by atoms with van der Waals surface area (Å²) in [7, 11) is 0. The Morgan fingerprint density at radius 1 is 1.36 bits per heavy atom. The van der Waals surface area contributed by atoms with Gasteiger partial charge in [0.2, 0.25) is 0 Å². The van der Waals surface area contributed by atoms with Gasteiger partial charge in [0.15, 0.2) is 0 Å². The summed E-state index contributed by atoms with van der Waals surface area (Å²) >= 11 is 0. The van der Waals surface area contributed by atoms with E-state index in [4.69, 9.17) is 5.11 Å². The Balaban J connectivity index is 1.80. The minimum Gasteiger partial charge on any atom is -0.481 e. The van der Waals surface area contributed by atoms with Gasteiger partial charge in [0.1, 0.15) is 0 Å². The molecule has 2 heterocycles. The van der Waals surface area contributed by atoms with E-state index in [2.05, 4.69) is 34.6 Å². The quantitative estimate of drug-likeness (QED) is 0.947. The molecule has 0 fully saturated rings. The van der Waals surface area contributed by atoms with Gasteiger partial charge in [-0.05, 0) is 43.9 Å². The summed E-state index contributed by atoms with van der Waals surface area (Å²) in [6, 6.07) is 7.18. The van der Waals surface area contributed by atoms with Gasteiger partial charge < -0.3 is 9.67 Å². The second-order valence-electron chi connectivity index (χ2n) is 6.62. The summed E-state index contributed by atoms with van der Waals surface area (Å²) in [5.74, 6) is -0.697. The fourth-order valence-corrected chi connectivity index (χ4v) is 4.30. The Labute approximate surface area is 130 Å². The molecule has 4 nitrogen and oxygen atoms in total. The zero-order chi connectivity index (χ0) is 15.3. The van der Waals surface area contributed by atoms with Gasteiger partial charge in [-0.1, -0.05) is 11.6 Å². The molecule has 22 heavy (non-hydrogen) atoms. The summed E-state index contributed by atoms with van der Waals surface area (Å²) in [5.41, 5.74) is 5.65. The first-order valence-electron chi connectivity index (χ1n) is 8.22. The third-order valence-corrected chi connectivity index (χ3v) is 5.25. The zero-order valence-electron chi connectivity index (χ0n) is 13.0. The summed E-state index contributed by atoms with van der Waals surface area (Å²) in [6.45, 7) is 4.76. The summed E-state index contributed by atoms with van der Waals surface area (Å²) in [5, 5.41) is 10.4. The lowest BCUT2D eigenvalue weighted by atomic mass is 9.89. The van der Waals surface area contributed by atoms with Gasteiger partial charge in [-0.2, -0.15) is 0 Å². The smallest absolute Gasteiger partial charge is 0.304 e. The Kier molecular flexibility index (Phi) is 3.22. The topological polar surface area (TPSA) is 45.5 Å². The molecule has 0 spiro atoms. The largest absolute Gasteiger partial charge is 0.481 e. The molecule has 1 aromatic heterocycles. The predicted octanol–water partition coefficient (Wildman–Crippen LogP) is 3.12. The number of nitrogens with zero attached hydrogens (tertiary/aromatic N) is 2. The molecule has 116 valence electrons. The lowest BCUT2D eigenvalue weighted by Crippen LogP contribution is -2.40. The second-order valence-corrected chi connectivity index (χ2v) is 6.62. The average molecular weight is 298 g/mol. The molecule has 1 aliphatic heterocycles. The predicted molar refractivity (Wildman–Crippen MR) is 86.2 cm³/mol. The van der Waals surface area contributed by atoms with Crippen molar-refractivity contribution in [2.24, 2.45) is 0 Å². The van der Waals surface area contributed by atoms with Crippen LogP contribution in [0.15, 0.2) is 18.2 Å². The molecule has 1 N–H and O–H groups in total. The van der Waals surface area contributed by atoms with Crippen LogP contribution in [0.3, 0.4) is 0 Å². The molecule has 1 atom stereocenters. The maximum Gasteiger partial charge on any atom is 0.304 e. The molecule has 0 amide bonds.